The summed E-state index contributed by atoms with van der Waals surface area (Å²) in [5.74, 6) is 0.303. The van der Waals surface area contributed by atoms with Gasteiger partial charge in [0.05, 0.1) is 18.5 Å². The molecular weight excluding hydrogens is 214 g/mol. The number of amides is 1. The molecule has 0 aromatic rings. The number of hydrogen-bond donors (Lipinski definition) is 1. The summed E-state index contributed by atoms with van der Waals surface area (Å²) in [5.41, 5.74) is 0. The molecule has 1 N–H and O–H groups in total. The maximum absolute atomic E-state index is 11.9. The van der Waals surface area contributed by atoms with Gasteiger partial charge in [0.2, 0.25) is 5.91 Å². The van der Waals surface area contributed by atoms with Crippen molar-refractivity contribution in [3.8, 4) is 6.07 Å². The van der Waals surface area contributed by atoms with Crippen molar-refractivity contribution in [2.24, 2.45) is 5.92 Å². The number of rotatable bonds is 3. The molecule has 4 heteroatoms. The Bertz CT molecular complexity index is 304. The van der Waals surface area contributed by atoms with Gasteiger partial charge in [-0.25, -0.2) is 0 Å². The maximum atomic E-state index is 11.9. The number of piperidine rings is 1. The van der Waals surface area contributed by atoms with E-state index in [1.165, 1.54) is 6.42 Å². The van der Waals surface area contributed by atoms with Crippen LogP contribution in [0.4, 0.5) is 0 Å². The van der Waals surface area contributed by atoms with E-state index in [2.05, 4.69) is 11.4 Å². The Labute approximate surface area is 103 Å². The fraction of sp³-hybridized carbons (Fsp3) is 0.846. The summed E-state index contributed by atoms with van der Waals surface area (Å²) in [5, 5.41) is 12.2. The molecule has 2 atom stereocenters. The standard InChI is InChI=1S/C13H21N3O/c14-9-11-5-4-6-12(11)15-10-13(17)16-7-2-1-3-8-16/h11-12,15H,1-8,10H2. The zero-order valence-corrected chi connectivity index (χ0v) is 10.3. The molecule has 1 aliphatic carbocycles. The Morgan fingerprint density at radius 2 is 2.00 bits per heavy atom. The van der Waals surface area contributed by atoms with E-state index in [4.69, 9.17) is 5.26 Å². The SMILES string of the molecule is N#CC1CCCC1NCC(=O)N1CCCCC1. The average Bonchev–Trinajstić information content (AvgIpc) is 2.84. The summed E-state index contributed by atoms with van der Waals surface area (Å²) in [6, 6.07) is 2.56. The molecular formula is C13H21N3O. The molecule has 1 aliphatic heterocycles. The Morgan fingerprint density at radius 1 is 1.24 bits per heavy atom. The first-order valence-corrected chi connectivity index (χ1v) is 6.72. The Morgan fingerprint density at radius 3 is 2.71 bits per heavy atom. The number of nitrogens with zero attached hydrogens (tertiary/aromatic N) is 2. The third kappa shape index (κ3) is 3.19. The molecule has 94 valence electrons. The van der Waals surface area contributed by atoms with E-state index < -0.39 is 0 Å². The van der Waals surface area contributed by atoms with Gasteiger partial charge in [-0.2, -0.15) is 5.26 Å². The van der Waals surface area contributed by atoms with Crippen LogP contribution < -0.4 is 5.32 Å². The second kappa shape index (κ2) is 6.02. The smallest absolute Gasteiger partial charge is 0.236 e. The van der Waals surface area contributed by atoms with Crippen molar-refractivity contribution in [2.45, 2.75) is 44.6 Å². The van der Waals surface area contributed by atoms with Crippen molar-refractivity contribution in [1.82, 2.24) is 10.2 Å². The van der Waals surface area contributed by atoms with Crippen LogP contribution in [0.1, 0.15) is 38.5 Å². The van der Waals surface area contributed by atoms with E-state index in [9.17, 15) is 4.79 Å². The second-order valence-electron chi connectivity index (χ2n) is 5.10. The topological polar surface area (TPSA) is 56.1 Å². The molecule has 2 aliphatic rings. The molecule has 0 bridgehead atoms. The van der Waals surface area contributed by atoms with Crippen LogP contribution in [0.25, 0.3) is 0 Å². The van der Waals surface area contributed by atoms with E-state index in [-0.39, 0.29) is 17.9 Å². The van der Waals surface area contributed by atoms with E-state index in [1.54, 1.807) is 0 Å². The van der Waals surface area contributed by atoms with Gasteiger partial charge in [-0.15, -0.1) is 0 Å². The molecule has 17 heavy (non-hydrogen) atoms. The van der Waals surface area contributed by atoms with Gasteiger partial charge < -0.3 is 10.2 Å². The molecule has 1 amide bonds. The minimum atomic E-state index is 0.101. The van der Waals surface area contributed by atoms with Gasteiger partial charge in [0, 0.05) is 19.1 Å². The van der Waals surface area contributed by atoms with E-state index in [0.717, 1.165) is 45.2 Å². The van der Waals surface area contributed by atoms with Gasteiger partial charge in [-0.3, -0.25) is 4.79 Å². The van der Waals surface area contributed by atoms with Gasteiger partial charge in [-0.1, -0.05) is 6.42 Å². The van der Waals surface area contributed by atoms with E-state index in [0.29, 0.717) is 6.54 Å². The molecule has 4 nitrogen and oxygen atoms in total. The van der Waals surface area contributed by atoms with Gasteiger partial charge in [0.1, 0.15) is 0 Å². The third-order valence-electron chi connectivity index (χ3n) is 3.91. The minimum absolute atomic E-state index is 0.101. The Hall–Kier alpha value is -1.08. The lowest BCUT2D eigenvalue weighted by Gasteiger charge is -2.27. The summed E-state index contributed by atoms with van der Waals surface area (Å²) >= 11 is 0. The maximum Gasteiger partial charge on any atom is 0.236 e. The van der Waals surface area contributed by atoms with Crippen molar-refractivity contribution in [3.63, 3.8) is 0 Å². The lowest BCUT2D eigenvalue weighted by atomic mass is 10.1. The molecule has 0 spiro atoms. The number of carbonyl (C=O) groups excluding carboxylic acids is 1. The Kier molecular flexibility index (Phi) is 4.38. The predicted octanol–water partition coefficient (Wildman–Crippen LogP) is 1.28. The summed E-state index contributed by atoms with van der Waals surface area (Å²) in [4.78, 5) is 13.9. The largest absolute Gasteiger partial charge is 0.342 e. The van der Waals surface area contributed by atoms with Crippen LogP contribution >= 0.6 is 0 Å². The van der Waals surface area contributed by atoms with Crippen molar-refractivity contribution >= 4 is 5.91 Å². The number of nitriles is 1. The Balaban J connectivity index is 1.74. The highest BCUT2D eigenvalue weighted by Crippen LogP contribution is 2.24. The quantitative estimate of drug-likeness (QED) is 0.801. The van der Waals surface area contributed by atoms with Gasteiger partial charge in [-0.05, 0) is 32.1 Å². The summed E-state index contributed by atoms with van der Waals surface area (Å²) in [6.45, 7) is 2.22. The van der Waals surface area contributed by atoms with Crippen LogP contribution in [0.3, 0.4) is 0 Å². The highest BCUT2D eigenvalue weighted by Gasteiger charge is 2.27. The third-order valence-corrected chi connectivity index (χ3v) is 3.91. The molecule has 1 heterocycles. The highest BCUT2D eigenvalue weighted by atomic mass is 16.2. The summed E-state index contributed by atoms with van der Waals surface area (Å²) in [7, 11) is 0. The van der Waals surface area contributed by atoms with E-state index >= 15 is 0 Å². The molecule has 1 saturated heterocycles. The fourth-order valence-corrected chi connectivity index (χ4v) is 2.83. The number of nitrogens with one attached hydrogen (secondary N) is 1. The molecule has 0 radical (unpaired) electrons. The molecule has 2 unspecified atom stereocenters. The minimum Gasteiger partial charge on any atom is -0.342 e. The van der Waals surface area contributed by atoms with Crippen LogP contribution in [0.5, 0.6) is 0 Å². The predicted molar refractivity (Wildman–Crippen MR) is 65.2 cm³/mol. The van der Waals surface area contributed by atoms with Crippen molar-refractivity contribution in [3.05, 3.63) is 0 Å². The number of hydrogen-bond acceptors (Lipinski definition) is 3. The lowest BCUT2D eigenvalue weighted by molar-refractivity contribution is -0.131. The monoisotopic (exact) mass is 235 g/mol. The first-order valence-electron chi connectivity index (χ1n) is 6.72. The number of carbonyl (C=O) groups is 1. The van der Waals surface area contributed by atoms with Crippen LogP contribution in [0.2, 0.25) is 0 Å². The molecule has 0 aromatic carbocycles. The summed E-state index contributed by atoms with van der Waals surface area (Å²) < 4.78 is 0. The first kappa shape index (κ1) is 12.4. The van der Waals surface area contributed by atoms with Crippen LogP contribution in [0, 0.1) is 17.2 Å². The lowest BCUT2D eigenvalue weighted by Crippen LogP contribution is -2.44. The average molecular weight is 235 g/mol. The molecule has 2 rings (SSSR count). The number of likely N-dealkylation sites (tertiary alicyclic amines) is 1. The first-order chi connectivity index (χ1) is 8.31. The normalized spacial score (nSPS) is 29.0. The summed E-state index contributed by atoms with van der Waals surface area (Å²) in [6.07, 6.45) is 6.63. The van der Waals surface area contributed by atoms with Crippen molar-refractivity contribution in [1.29, 1.82) is 5.26 Å². The van der Waals surface area contributed by atoms with Crippen molar-refractivity contribution < 1.29 is 4.79 Å². The molecule has 1 saturated carbocycles. The second-order valence-corrected chi connectivity index (χ2v) is 5.10. The van der Waals surface area contributed by atoms with Crippen molar-refractivity contribution in [2.75, 3.05) is 19.6 Å². The van der Waals surface area contributed by atoms with Crippen LogP contribution in [0.15, 0.2) is 0 Å². The molecule has 0 aromatic heterocycles. The van der Waals surface area contributed by atoms with Gasteiger partial charge in [0.15, 0.2) is 0 Å². The fourth-order valence-electron chi connectivity index (χ4n) is 2.83. The zero-order chi connectivity index (χ0) is 12.1. The highest BCUT2D eigenvalue weighted by molar-refractivity contribution is 5.78. The van der Waals surface area contributed by atoms with Crippen LogP contribution in [-0.4, -0.2) is 36.5 Å². The van der Waals surface area contributed by atoms with Gasteiger partial charge in [0.25, 0.3) is 0 Å². The van der Waals surface area contributed by atoms with Gasteiger partial charge >= 0.3 is 0 Å². The van der Waals surface area contributed by atoms with Crippen LogP contribution in [-0.2, 0) is 4.79 Å². The zero-order valence-electron chi connectivity index (χ0n) is 10.3. The van der Waals surface area contributed by atoms with E-state index in [1.807, 2.05) is 4.90 Å². The molecule has 2 fully saturated rings.